The lowest BCUT2D eigenvalue weighted by molar-refractivity contribution is 0.0636. The van der Waals surface area contributed by atoms with Crippen molar-refractivity contribution in [2.45, 2.75) is 51.6 Å². The molecule has 0 spiro atoms. The van der Waals surface area contributed by atoms with Crippen LogP contribution in [0.15, 0.2) is 36.5 Å². The molecule has 0 aliphatic heterocycles. The highest BCUT2D eigenvalue weighted by atomic mass is 16.6. The fourth-order valence-electron chi connectivity index (χ4n) is 3.50. The molecule has 3 aromatic rings. The van der Waals surface area contributed by atoms with E-state index in [1.807, 2.05) is 25.1 Å². The van der Waals surface area contributed by atoms with E-state index < -0.39 is 11.7 Å². The Morgan fingerprint density at radius 3 is 2.70 bits per heavy atom. The SMILES string of the molecule is Cc1ccnc([C@H]2C[C@@H]2c2ccc3c(C#N)cc(NC(=O)OC(C)(C)C)cc3n2)n1. The molecule has 1 fully saturated rings. The van der Waals surface area contributed by atoms with Crippen molar-refractivity contribution in [3.63, 3.8) is 0 Å². The predicted molar refractivity (Wildman–Crippen MR) is 113 cm³/mol. The topological polar surface area (TPSA) is 101 Å². The first-order valence-corrected chi connectivity index (χ1v) is 9.88. The molecule has 2 heterocycles. The van der Waals surface area contributed by atoms with Crippen LogP contribution in [-0.4, -0.2) is 26.6 Å². The lowest BCUT2D eigenvalue weighted by atomic mass is 10.1. The van der Waals surface area contributed by atoms with Gasteiger partial charge in [0.15, 0.2) is 0 Å². The van der Waals surface area contributed by atoms with Crippen LogP contribution in [0.25, 0.3) is 10.9 Å². The summed E-state index contributed by atoms with van der Waals surface area (Å²) in [6, 6.07) is 11.4. The van der Waals surface area contributed by atoms with E-state index in [1.165, 1.54) is 0 Å². The third-order valence-corrected chi connectivity index (χ3v) is 4.91. The van der Waals surface area contributed by atoms with E-state index in [2.05, 4.69) is 21.4 Å². The second-order valence-electron chi connectivity index (χ2n) is 8.57. The molecule has 1 aliphatic carbocycles. The minimum atomic E-state index is -0.608. The molecular formula is C23H23N5O2. The highest BCUT2D eigenvalue weighted by Gasteiger charge is 2.42. The van der Waals surface area contributed by atoms with Crippen molar-refractivity contribution >= 4 is 22.7 Å². The fraction of sp³-hybridized carbons (Fsp3) is 0.348. The van der Waals surface area contributed by atoms with Gasteiger partial charge in [0, 0.05) is 40.5 Å². The summed E-state index contributed by atoms with van der Waals surface area (Å²) < 4.78 is 5.30. The summed E-state index contributed by atoms with van der Waals surface area (Å²) >= 11 is 0. The molecule has 1 aromatic carbocycles. The molecule has 7 heteroatoms. The molecule has 0 saturated heterocycles. The number of ether oxygens (including phenoxy) is 1. The lowest BCUT2D eigenvalue weighted by Crippen LogP contribution is -2.27. The summed E-state index contributed by atoms with van der Waals surface area (Å²) in [6.07, 6.45) is 2.16. The van der Waals surface area contributed by atoms with Crippen molar-refractivity contribution in [1.82, 2.24) is 15.0 Å². The number of pyridine rings is 1. The number of rotatable bonds is 3. The van der Waals surface area contributed by atoms with Crippen LogP contribution in [0.3, 0.4) is 0 Å². The maximum Gasteiger partial charge on any atom is 0.412 e. The number of anilines is 1. The molecule has 1 amide bonds. The number of aromatic nitrogens is 3. The number of aryl methyl sites for hydroxylation is 1. The highest BCUT2D eigenvalue weighted by molar-refractivity contribution is 5.93. The van der Waals surface area contributed by atoms with Gasteiger partial charge in [-0.2, -0.15) is 5.26 Å². The normalized spacial score (nSPS) is 18.0. The van der Waals surface area contributed by atoms with Crippen molar-refractivity contribution in [3.8, 4) is 6.07 Å². The first-order chi connectivity index (χ1) is 14.2. The number of nitrogens with zero attached hydrogens (tertiary/aromatic N) is 4. The lowest BCUT2D eigenvalue weighted by Gasteiger charge is -2.19. The molecule has 7 nitrogen and oxygen atoms in total. The van der Waals surface area contributed by atoms with Gasteiger partial charge in [-0.15, -0.1) is 0 Å². The Hall–Kier alpha value is -3.53. The number of nitriles is 1. The van der Waals surface area contributed by atoms with Crippen molar-refractivity contribution in [2.24, 2.45) is 0 Å². The van der Waals surface area contributed by atoms with Crippen LogP contribution >= 0.6 is 0 Å². The fourth-order valence-corrected chi connectivity index (χ4v) is 3.50. The molecule has 2 atom stereocenters. The molecule has 152 valence electrons. The van der Waals surface area contributed by atoms with E-state index in [9.17, 15) is 10.1 Å². The van der Waals surface area contributed by atoms with Crippen molar-refractivity contribution < 1.29 is 9.53 Å². The Morgan fingerprint density at radius 2 is 2.00 bits per heavy atom. The van der Waals surface area contributed by atoms with Crippen molar-refractivity contribution in [1.29, 1.82) is 5.26 Å². The Labute approximate surface area is 175 Å². The summed E-state index contributed by atoms with van der Waals surface area (Å²) in [4.78, 5) is 25.8. The summed E-state index contributed by atoms with van der Waals surface area (Å²) in [5.41, 5.74) is 2.88. The Balaban J connectivity index is 1.62. The van der Waals surface area contributed by atoms with Gasteiger partial charge in [-0.1, -0.05) is 0 Å². The number of amides is 1. The van der Waals surface area contributed by atoms with Crippen LogP contribution < -0.4 is 5.32 Å². The average molecular weight is 401 g/mol. The van der Waals surface area contributed by atoms with Crippen LogP contribution in [-0.2, 0) is 4.74 Å². The van der Waals surface area contributed by atoms with E-state index in [4.69, 9.17) is 9.72 Å². The van der Waals surface area contributed by atoms with Gasteiger partial charge in [-0.25, -0.2) is 14.8 Å². The van der Waals surface area contributed by atoms with E-state index in [0.717, 1.165) is 29.0 Å². The molecule has 1 N–H and O–H groups in total. The third kappa shape index (κ3) is 4.23. The smallest absolute Gasteiger partial charge is 0.412 e. The van der Waals surface area contributed by atoms with E-state index in [1.54, 1.807) is 39.1 Å². The minimum absolute atomic E-state index is 0.254. The number of carbonyl (C=O) groups is 1. The number of hydrogen-bond donors (Lipinski definition) is 1. The first-order valence-electron chi connectivity index (χ1n) is 9.88. The predicted octanol–water partition coefficient (Wildman–Crippen LogP) is 4.82. The standard InChI is InChI=1S/C23H23N5O2/c1-13-7-8-25-21(26-13)18-11-17(18)19-6-5-16-14(12-24)9-15(10-20(16)28-19)27-22(29)30-23(2,3)4/h5-10,17-18H,11H2,1-4H3,(H,27,29)/t17-,18-/m0/s1. The molecule has 0 unspecified atom stereocenters. The second kappa shape index (κ2) is 7.38. The molecule has 0 bridgehead atoms. The summed E-state index contributed by atoms with van der Waals surface area (Å²) in [5, 5.41) is 13.0. The van der Waals surface area contributed by atoms with Gasteiger partial charge in [-0.05, 0) is 64.4 Å². The number of benzene rings is 1. The molecule has 1 saturated carbocycles. The van der Waals surface area contributed by atoms with E-state index in [0.29, 0.717) is 16.8 Å². The van der Waals surface area contributed by atoms with Crippen molar-refractivity contribution in [3.05, 3.63) is 59.3 Å². The van der Waals surface area contributed by atoms with Gasteiger partial charge in [0.05, 0.1) is 17.1 Å². The van der Waals surface area contributed by atoms with Gasteiger partial charge < -0.3 is 4.74 Å². The first kappa shape index (κ1) is 19.8. The van der Waals surface area contributed by atoms with Crippen LogP contribution in [0.1, 0.15) is 61.8 Å². The second-order valence-corrected chi connectivity index (χ2v) is 8.57. The zero-order valence-electron chi connectivity index (χ0n) is 17.4. The van der Waals surface area contributed by atoms with Gasteiger partial charge >= 0.3 is 6.09 Å². The minimum Gasteiger partial charge on any atom is -0.444 e. The average Bonchev–Trinajstić information content (AvgIpc) is 3.46. The van der Waals surface area contributed by atoms with Crippen molar-refractivity contribution in [2.75, 3.05) is 5.32 Å². The molecule has 2 aromatic heterocycles. The summed E-state index contributed by atoms with van der Waals surface area (Å²) in [7, 11) is 0. The number of nitrogens with one attached hydrogen (secondary N) is 1. The molecular weight excluding hydrogens is 378 g/mol. The quantitative estimate of drug-likeness (QED) is 0.675. The monoisotopic (exact) mass is 401 g/mol. The van der Waals surface area contributed by atoms with E-state index in [-0.39, 0.29) is 11.8 Å². The molecule has 4 rings (SSSR count). The van der Waals surface area contributed by atoms with Gasteiger partial charge in [-0.3, -0.25) is 10.3 Å². The highest BCUT2D eigenvalue weighted by Crippen LogP contribution is 2.53. The van der Waals surface area contributed by atoms with Crippen LogP contribution in [0.5, 0.6) is 0 Å². The zero-order valence-corrected chi connectivity index (χ0v) is 17.4. The summed E-state index contributed by atoms with van der Waals surface area (Å²) in [5.74, 6) is 1.36. The van der Waals surface area contributed by atoms with Crippen LogP contribution in [0.2, 0.25) is 0 Å². The molecule has 0 radical (unpaired) electrons. The Kier molecular flexibility index (Phi) is 4.86. The largest absolute Gasteiger partial charge is 0.444 e. The maximum absolute atomic E-state index is 12.1. The zero-order chi connectivity index (χ0) is 21.5. The number of fused-ring (bicyclic) bond motifs is 1. The third-order valence-electron chi connectivity index (χ3n) is 4.91. The van der Waals surface area contributed by atoms with Gasteiger partial charge in [0.25, 0.3) is 0 Å². The van der Waals surface area contributed by atoms with Crippen LogP contribution in [0, 0.1) is 18.3 Å². The maximum atomic E-state index is 12.1. The van der Waals surface area contributed by atoms with E-state index >= 15 is 0 Å². The molecule has 1 aliphatic rings. The number of carbonyl (C=O) groups excluding carboxylic acids is 1. The van der Waals surface area contributed by atoms with Gasteiger partial charge in [0.2, 0.25) is 0 Å². The summed E-state index contributed by atoms with van der Waals surface area (Å²) in [6.45, 7) is 7.35. The van der Waals surface area contributed by atoms with Crippen LogP contribution in [0.4, 0.5) is 10.5 Å². The Bertz CT molecular complexity index is 1180. The van der Waals surface area contributed by atoms with Gasteiger partial charge in [0.1, 0.15) is 11.4 Å². The Morgan fingerprint density at radius 1 is 1.20 bits per heavy atom. The molecule has 30 heavy (non-hydrogen) atoms. The number of hydrogen-bond acceptors (Lipinski definition) is 6.